The zero-order chi connectivity index (χ0) is 30.1. The predicted octanol–water partition coefficient (Wildman–Crippen LogP) is 5.49. The van der Waals surface area contributed by atoms with Crippen molar-refractivity contribution in [3.05, 3.63) is 62.9 Å². The second-order valence-electron chi connectivity index (χ2n) is 13.5. The average Bonchev–Trinajstić information content (AvgIpc) is 3.13. The van der Waals surface area contributed by atoms with Crippen LogP contribution in [0.2, 0.25) is 36.3 Å². The maximum atomic E-state index is 13.0. The van der Waals surface area contributed by atoms with Crippen LogP contribution in [0.1, 0.15) is 53.3 Å². The summed E-state index contributed by atoms with van der Waals surface area (Å²) < 4.78 is 27.2. The number of aromatic amines is 1. The molecule has 1 fully saturated rings. The Hall–Kier alpha value is -2.32. The molecule has 1 aromatic carbocycles. The lowest BCUT2D eigenvalue weighted by Gasteiger charge is -2.44. The molecule has 9 nitrogen and oxygen atoms in total. The largest absolute Gasteiger partial charge is 0.497 e. The Labute approximate surface area is 240 Å². The first kappa shape index (κ1) is 32.2. The van der Waals surface area contributed by atoms with Gasteiger partial charge in [0.1, 0.15) is 24.1 Å². The third-order valence-electron chi connectivity index (χ3n) is 8.51. The first-order chi connectivity index (χ1) is 18.4. The minimum absolute atomic E-state index is 0.0633. The summed E-state index contributed by atoms with van der Waals surface area (Å²) in [6, 6.07) is 9.08. The number of aliphatic imine (C=N–C) groups is 1. The number of benzene rings is 1. The van der Waals surface area contributed by atoms with E-state index in [0.29, 0.717) is 6.54 Å². The van der Waals surface area contributed by atoms with E-state index in [1.165, 1.54) is 16.8 Å². The van der Waals surface area contributed by atoms with Gasteiger partial charge in [-0.15, -0.1) is 0 Å². The molecule has 1 aliphatic rings. The van der Waals surface area contributed by atoms with Crippen LogP contribution in [0.25, 0.3) is 0 Å². The Bertz CT molecular complexity index is 1290. The van der Waals surface area contributed by atoms with Crippen LogP contribution in [0.4, 0.5) is 0 Å². The van der Waals surface area contributed by atoms with Gasteiger partial charge in [0, 0.05) is 18.5 Å². The Morgan fingerprint density at radius 3 is 1.98 bits per heavy atom. The molecule has 0 radical (unpaired) electrons. The quantitative estimate of drug-likeness (QED) is 0.306. The predicted molar refractivity (Wildman–Crippen MR) is 165 cm³/mol. The Morgan fingerprint density at radius 2 is 1.48 bits per heavy atom. The van der Waals surface area contributed by atoms with Crippen LogP contribution >= 0.6 is 0 Å². The molecule has 1 saturated heterocycles. The van der Waals surface area contributed by atoms with Gasteiger partial charge in [-0.1, -0.05) is 53.7 Å². The van der Waals surface area contributed by atoms with E-state index in [-0.39, 0.29) is 10.1 Å². The minimum Gasteiger partial charge on any atom is -0.497 e. The van der Waals surface area contributed by atoms with Gasteiger partial charge in [0.05, 0.1) is 13.7 Å². The van der Waals surface area contributed by atoms with E-state index in [1.807, 2.05) is 24.3 Å². The molecule has 2 aromatic rings. The monoisotopic (exact) mass is 589 g/mol. The van der Waals surface area contributed by atoms with Crippen molar-refractivity contribution in [2.75, 3.05) is 7.11 Å². The number of rotatable bonds is 9. The summed E-state index contributed by atoms with van der Waals surface area (Å²) >= 11 is 0. The van der Waals surface area contributed by atoms with Crippen molar-refractivity contribution < 1.29 is 18.3 Å². The van der Waals surface area contributed by atoms with E-state index in [2.05, 4.69) is 72.7 Å². The van der Waals surface area contributed by atoms with Crippen molar-refractivity contribution in [3.63, 3.8) is 0 Å². The molecule has 0 unspecified atom stereocenters. The average molecular weight is 590 g/mol. The molecule has 0 bridgehead atoms. The van der Waals surface area contributed by atoms with Gasteiger partial charge in [0.25, 0.3) is 5.56 Å². The second-order valence-corrected chi connectivity index (χ2v) is 23.0. The van der Waals surface area contributed by atoms with Gasteiger partial charge in [-0.2, -0.15) is 0 Å². The number of hydrogen-bond acceptors (Lipinski definition) is 7. The van der Waals surface area contributed by atoms with Crippen LogP contribution in [0.5, 0.6) is 5.75 Å². The highest BCUT2D eigenvalue weighted by molar-refractivity contribution is 6.74. The van der Waals surface area contributed by atoms with Crippen molar-refractivity contribution in [2.45, 2.75) is 109 Å². The maximum absolute atomic E-state index is 13.0. The van der Waals surface area contributed by atoms with Gasteiger partial charge >= 0.3 is 5.69 Å². The third-order valence-corrected chi connectivity index (χ3v) is 17.5. The summed E-state index contributed by atoms with van der Waals surface area (Å²) in [6.07, 6.45) is 0.792. The summed E-state index contributed by atoms with van der Waals surface area (Å²) in [5.74, 6) is 0.787. The van der Waals surface area contributed by atoms with E-state index in [9.17, 15) is 9.59 Å². The molecule has 2 heterocycles. The molecular weight excluding hydrogens is 543 g/mol. The number of hydrogen-bond donors (Lipinski definition) is 1. The van der Waals surface area contributed by atoms with Gasteiger partial charge < -0.3 is 18.3 Å². The van der Waals surface area contributed by atoms with Gasteiger partial charge in [-0.05, 0) is 54.0 Å². The molecule has 222 valence electrons. The second kappa shape index (κ2) is 11.9. The number of ether oxygens (including phenoxy) is 2. The summed E-state index contributed by atoms with van der Waals surface area (Å²) in [7, 11) is -3.02. The first-order valence-corrected chi connectivity index (χ1v) is 19.6. The Morgan fingerprint density at radius 1 is 0.925 bits per heavy atom. The molecule has 4 atom stereocenters. The van der Waals surface area contributed by atoms with Gasteiger partial charge in [0.2, 0.25) is 0 Å². The van der Waals surface area contributed by atoms with E-state index in [4.69, 9.17) is 23.3 Å². The van der Waals surface area contributed by atoms with Crippen LogP contribution in [0, 0.1) is 0 Å². The fourth-order valence-corrected chi connectivity index (χ4v) is 6.51. The zero-order valence-corrected chi connectivity index (χ0v) is 27.9. The normalized spacial score (nSPS) is 22.7. The highest BCUT2D eigenvalue weighted by Gasteiger charge is 2.54. The topological polar surface area (TPSA) is 104 Å². The molecule has 3 rings (SSSR count). The fraction of sp³-hybridized carbons (Fsp3) is 0.621. The van der Waals surface area contributed by atoms with E-state index < -0.39 is 52.4 Å². The summed E-state index contributed by atoms with van der Waals surface area (Å²) in [5, 5.41) is -0.151. The van der Waals surface area contributed by atoms with Gasteiger partial charge in [-0.3, -0.25) is 19.3 Å². The van der Waals surface area contributed by atoms with Crippen LogP contribution in [-0.2, 0) is 20.1 Å². The SMILES string of the molecule is COc1ccc(CN=C[C@H]2O[C@@H](n3ccc(=O)[nH]c3=O)[C@H](O[Si](C)(C)C(C)(C)C)[C@@H]2O[Si](C)(C)C(C)(C)C)cc1. The lowest BCUT2D eigenvalue weighted by molar-refractivity contribution is -0.0204. The fourth-order valence-electron chi connectivity index (χ4n) is 3.92. The van der Waals surface area contributed by atoms with Crippen LogP contribution in [-0.4, -0.2) is 57.8 Å². The molecule has 0 amide bonds. The molecular formula is C29H47N3O6Si2. The molecule has 11 heteroatoms. The first-order valence-electron chi connectivity index (χ1n) is 13.8. The molecule has 0 aliphatic carbocycles. The summed E-state index contributed by atoms with van der Waals surface area (Å²) in [5.41, 5.74) is 0.00964. The van der Waals surface area contributed by atoms with Crippen molar-refractivity contribution >= 4 is 22.8 Å². The molecule has 40 heavy (non-hydrogen) atoms. The highest BCUT2D eigenvalue weighted by atomic mass is 28.4. The molecule has 0 spiro atoms. The lowest BCUT2D eigenvalue weighted by Crippen LogP contribution is -2.54. The number of aromatic nitrogens is 2. The number of methoxy groups -OCH3 is 1. The summed E-state index contributed by atoms with van der Waals surface area (Å²) in [4.78, 5) is 31.9. The van der Waals surface area contributed by atoms with Crippen molar-refractivity contribution in [3.8, 4) is 5.75 Å². The van der Waals surface area contributed by atoms with Crippen LogP contribution < -0.4 is 16.0 Å². The van der Waals surface area contributed by atoms with Gasteiger partial charge in [0.15, 0.2) is 22.9 Å². The number of nitrogens with zero attached hydrogens (tertiary/aromatic N) is 2. The van der Waals surface area contributed by atoms with E-state index >= 15 is 0 Å². The number of H-pyrrole nitrogens is 1. The Balaban J connectivity index is 2.07. The van der Waals surface area contributed by atoms with E-state index in [0.717, 1.165) is 11.3 Å². The molecule has 1 aromatic heterocycles. The molecule has 1 aliphatic heterocycles. The van der Waals surface area contributed by atoms with Crippen LogP contribution in [0.3, 0.4) is 0 Å². The minimum atomic E-state index is -2.35. The van der Waals surface area contributed by atoms with Crippen LogP contribution in [0.15, 0.2) is 51.1 Å². The molecule has 0 saturated carbocycles. The lowest BCUT2D eigenvalue weighted by atomic mass is 10.1. The zero-order valence-electron chi connectivity index (χ0n) is 25.9. The van der Waals surface area contributed by atoms with Crippen molar-refractivity contribution in [2.24, 2.45) is 4.99 Å². The molecule has 1 N–H and O–H groups in total. The Kier molecular flexibility index (Phi) is 9.57. The van der Waals surface area contributed by atoms with E-state index in [1.54, 1.807) is 13.3 Å². The standard InChI is InChI=1S/C29H47N3O6Si2/c1-28(2,3)39(8,9)37-24-22(19-30-18-20-12-14-21(35-7)15-13-20)36-26(32-17-16-23(33)31-27(32)34)25(24)38-40(10,11)29(4,5)6/h12-17,19,22,24-26H,18H2,1-11H3,(H,31,33,34)/t22-,24-,25-,26-/m1/s1. The van der Waals surface area contributed by atoms with Gasteiger partial charge in [-0.25, -0.2) is 4.79 Å². The van der Waals surface area contributed by atoms with Crippen molar-refractivity contribution in [1.82, 2.24) is 9.55 Å². The maximum Gasteiger partial charge on any atom is 0.330 e. The smallest absolute Gasteiger partial charge is 0.330 e. The summed E-state index contributed by atoms with van der Waals surface area (Å²) in [6.45, 7) is 22.3. The highest BCUT2D eigenvalue weighted by Crippen LogP contribution is 2.45. The van der Waals surface area contributed by atoms with Crippen molar-refractivity contribution in [1.29, 1.82) is 0 Å². The third kappa shape index (κ3) is 7.30. The number of nitrogens with one attached hydrogen (secondary N) is 1.